The van der Waals surface area contributed by atoms with Crippen molar-refractivity contribution >= 4 is 49.3 Å². The summed E-state index contributed by atoms with van der Waals surface area (Å²) >= 11 is 0. The predicted molar refractivity (Wildman–Crippen MR) is 200 cm³/mol. The van der Waals surface area contributed by atoms with Gasteiger partial charge in [-0.05, 0) is 60.0 Å². The molecule has 0 saturated carbocycles. The van der Waals surface area contributed by atoms with Crippen LogP contribution in [0.5, 0.6) is 11.5 Å². The molecule has 0 aliphatic heterocycles. The molecule has 5 nitrogen and oxygen atoms in total. The summed E-state index contributed by atoms with van der Waals surface area (Å²) < 4.78 is 11.2. The van der Waals surface area contributed by atoms with Gasteiger partial charge in [0.15, 0.2) is 0 Å². The summed E-state index contributed by atoms with van der Waals surface area (Å²) in [6.07, 6.45) is 1.85. The third-order valence-corrected chi connectivity index (χ3v) is 9.38. The van der Waals surface area contributed by atoms with Crippen molar-refractivity contribution in [2.45, 2.75) is 0 Å². The lowest BCUT2D eigenvalue weighted by Gasteiger charge is -2.13. The minimum Gasteiger partial charge on any atom is -0.457 e. The van der Waals surface area contributed by atoms with Crippen molar-refractivity contribution in [3.05, 3.63) is 170 Å². The fraction of sp³-hybridized carbons (Fsp3) is 0. The standard InChI is InChI=1S/C44H28N4O/c1-3-13-29(14-4-1)41-42(30-15-5-2-6-16-30)48-40-23-10-7-19-35(40)34-25-24-33(28-38(34)44(48)46-41)49-32-18-11-17-31(27-32)47-39-22-9-8-20-36(39)37-21-12-26-45-43(37)47/h1-28H. The summed E-state index contributed by atoms with van der Waals surface area (Å²) in [4.78, 5) is 10.2. The zero-order valence-electron chi connectivity index (χ0n) is 26.4. The number of fused-ring (bicyclic) bond motifs is 9. The molecular weight excluding hydrogens is 601 g/mol. The molecule has 5 heteroatoms. The van der Waals surface area contributed by atoms with Crippen molar-refractivity contribution in [1.82, 2.24) is 18.9 Å². The van der Waals surface area contributed by atoms with Crippen LogP contribution in [0.25, 0.3) is 77.5 Å². The van der Waals surface area contributed by atoms with Crippen LogP contribution in [0.1, 0.15) is 0 Å². The van der Waals surface area contributed by atoms with Crippen molar-refractivity contribution in [3.8, 4) is 39.7 Å². The number of ether oxygens (including phenoxy) is 1. The third-order valence-electron chi connectivity index (χ3n) is 9.38. The third kappa shape index (κ3) is 4.33. The topological polar surface area (TPSA) is 44.3 Å². The van der Waals surface area contributed by atoms with Gasteiger partial charge in [0.05, 0.1) is 28.1 Å². The molecule has 0 unspecified atom stereocenters. The van der Waals surface area contributed by atoms with E-state index in [2.05, 4.69) is 148 Å². The zero-order valence-corrected chi connectivity index (χ0v) is 26.4. The molecule has 49 heavy (non-hydrogen) atoms. The zero-order chi connectivity index (χ0) is 32.3. The molecule has 0 N–H and O–H groups in total. The van der Waals surface area contributed by atoms with Gasteiger partial charge in [-0.2, -0.15) is 0 Å². The number of para-hydroxylation sites is 2. The maximum Gasteiger partial charge on any atom is 0.146 e. The number of nitrogens with zero attached hydrogens (tertiary/aromatic N) is 4. The van der Waals surface area contributed by atoms with Crippen molar-refractivity contribution in [2.75, 3.05) is 0 Å². The second-order valence-corrected chi connectivity index (χ2v) is 12.3. The Kier molecular flexibility index (Phi) is 6.11. The Morgan fingerprint density at radius 2 is 1.12 bits per heavy atom. The van der Waals surface area contributed by atoms with Gasteiger partial charge in [-0.3, -0.25) is 8.97 Å². The Morgan fingerprint density at radius 1 is 0.449 bits per heavy atom. The maximum absolute atomic E-state index is 6.65. The first-order chi connectivity index (χ1) is 24.3. The van der Waals surface area contributed by atoms with Crippen LogP contribution in [0, 0.1) is 0 Å². The molecule has 230 valence electrons. The second kappa shape index (κ2) is 10.9. The molecule has 6 aromatic carbocycles. The first kappa shape index (κ1) is 27.4. The molecule has 0 aliphatic rings. The van der Waals surface area contributed by atoms with E-state index in [1.807, 2.05) is 30.5 Å². The van der Waals surface area contributed by atoms with E-state index in [9.17, 15) is 0 Å². The lowest BCUT2D eigenvalue weighted by Crippen LogP contribution is -1.96. The van der Waals surface area contributed by atoms with Crippen LogP contribution in [0.15, 0.2) is 170 Å². The summed E-state index contributed by atoms with van der Waals surface area (Å²) in [5.74, 6) is 1.49. The van der Waals surface area contributed by atoms with Crippen LogP contribution in [0.3, 0.4) is 0 Å². The molecule has 10 aromatic rings. The van der Waals surface area contributed by atoms with E-state index < -0.39 is 0 Å². The molecule has 0 bridgehead atoms. The molecule has 0 radical (unpaired) electrons. The first-order valence-corrected chi connectivity index (χ1v) is 16.4. The van der Waals surface area contributed by atoms with Crippen LogP contribution in [-0.2, 0) is 0 Å². The summed E-state index contributed by atoms with van der Waals surface area (Å²) in [6.45, 7) is 0. The number of imidazole rings is 1. The van der Waals surface area contributed by atoms with Gasteiger partial charge in [0, 0.05) is 44.9 Å². The Labute approximate surface area is 281 Å². The highest BCUT2D eigenvalue weighted by Crippen LogP contribution is 2.40. The molecule has 4 heterocycles. The molecule has 0 saturated heterocycles. The Bertz CT molecular complexity index is 2800. The van der Waals surface area contributed by atoms with Gasteiger partial charge in [-0.25, -0.2) is 9.97 Å². The van der Waals surface area contributed by atoms with E-state index in [1.54, 1.807) is 0 Å². The SMILES string of the molecule is c1ccc(-c2nc3c4cc(Oc5cccc(-n6c7ccccc7c7cccnc76)c5)ccc4c4ccccc4n3c2-c2ccccc2)cc1. The summed E-state index contributed by atoms with van der Waals surface area (Å²) in [5, 5.41) is 5.61. The van der Waals surface area contributed by atoms with Gasteiger partial charge >= 0.3 is 0 Å². The lowest BCUT2D eigenvalue weighted by molar-refractivity contribution is 0.483. The number of hydrogen-bond donors (Lipinski definition) is 0. The van der Waals surface area contributed by atoms with Crippen LogP contribution in [0.4, 0.5) is 0 Å². The number of benzene rings is 6. The molecule has 4 aromatic heterocycles. The average Bonchev–Trinajstić information content (AvgIpc) is 3.73. The Morgan fingerprint density at radius 3 is 1.94 bits per heavy atom. The highest BCUT2D eigenvalue weighted by atomic mass is 16.5. The summed E-state index contributed by atoms with van der Waals surface area (Å²) in [6, 6.07) is 56.7. The second-order valence-electron chi connectivity index (χ2n) is 12.3. The molecule has 0 fully saturated rings. The average molecular weight is 629 g/mol. The monoisotopic (exact) mass is 628 g/mol. The highest BCUT2D eigenvalue weighted by molar-refractivity contribution is 6.13. The number of pyridine rings is 2. The van der Waals surface area contributed by atoms with E-state index >= 15 is 0 Å². The largest absolute Gasteiger partial charge is 0.457 e. The predicted octanol–water partition coefficient (Wildman–Crippen LogP) is 11.3. The van der Waals surface area contributed by atoms with Crippen molar-refractivity contribution < 1.29 is 4.74 Å². The Hall–Kier alpha value is -6.72. The quantitative estimate of drug-likeness (QED) is 0.178. The van der Waals surface area contributed by atoms with Gasteiger partial charge < -0.3 is 4.74 Å². The van der Waals surface area contributed by atoms with Crippen LogP contribution in [0.2, 0.25) is 0 Å². The minimum absolute atomic E-state index is 0.743. The van der Waals surface area contributed by atoms with Crippen molar-refractivity contribution in [3.63, 3.8) is 0 Å². The van der Waals surface area contributed by atoms with Gasteiger partial charge in [0.25, 0.3) is 0 Å². The van der Waals surface area contributed by atoms with Gasteiger partial charge in [-0.1, -0.05) is 103 Å². The summed E-state index contributed by atoms with van der Waals surface area (Å²) in [7, 11) is 0. The van der Waals surface area contributed by atoms with E-state index in [1.165, 1.54) is 5.39 Å². The fourth-order valence-corrected chi connectivity index (χ4v) is 7.28. The number of hydrogen-bond acceptors (Lipinski definition) is 3. The van der Waals surface area contributed by atoms with Crippen molar-refractivity contribution in [2.24, 2.45) is 0 Å². The van der Waals surface area contributed by atoms with E-state index in [-0.39, 0.29) is 0 Å². The smallest absolute Gasteiger partial charge is 0.146 e. The van der Waals surface area contributed by atoms with E-state index in [0.717, 1.165) is 83.6 Å². The Balaban J connectivity index is 1.17. The lowest BCUT2D eigenvalue weighted by atomic mass is 10.0. The number of aromatic nitrogens is 4. The van der Waals surface area contributed by atoms with E-state index in [0.29, 0.717) is 0 Å². The molecule has 0 aliphatic carbocycles. The number of rotatable bonds is 5. The molecule has 10 rings (SSSR count). The van der Waals surface area contributed by atoms with Gasteiger partial charge in [0.1, 0.15) is 22.8 Å². The van der Waals surface area contributed by atoms with Crippen molar-refractivity contribution in [1.29, 1.82) is 0 Å². The van der Waals surface area contributed by atoms with Crippen LogP contribution in [-0.4, -0.2) is 18.9 Å². The molecular formula is C44H28N4O. The first-order valence-electron chi connectivity index (χ1n) is 16.4. The molecule has 0 amide bonds. The van der Waals surface area contributed by atoms with Crippen LogP contribution < -0.4 is 4.74 Å². The van der Waals surface area contributed by atoms with Gasteiger partial charge in [0.2, 0.25) is 0 Å². The van der Waals surface area contributed by atoms with Gasteiger partial charge in [-0.15, -0.1) is 0 Å². The molecule has 0 atom stereocenters. The molecule has 0 spiro atoms. The summed E-state index contributed by atoms with van der Waals surface area (Å²) in [5.41, 5.74) is 9.22. The normalized spacial score (nSPS) is 11.7. The minimum atomic E-state index is 0.743. The van der Waals surface area contributed by atoms with Crippen LogP contribution >= 0.6 is 0 Å². The van der Waals surface area contributed by atoms with E-state index in [4.69, 9.17) is 14.7 Å². The maximum atomic E-state index is 6.65. The fourth-order valence-electron chi connectivity index (χ4n) is 7.28. The highest BCUT2D eigenvalue weighted by Gasteiger charge is 2.21.